The zero-order chi connectivity index (χ0) is 12.6. The van der Waals surface area contributed by atoms with Crippen LogP contribution in [0.2, 0.25) is 0 Å². The maximum absolute atomic E-state index is 9.73. The average molecular weight is 228 g/mol. The van der Waals surface area contributed by atoms with Gasteiger partial charge in [-0.2, -0.15) is 0 Å². The molecule has 0 spiro atoms. The number of hydrogen-bond acceptors (Lipinski definition) is 2. The fourth-order valence-corrected chi connectivity index (χ4v) is 2.08. The van der Waals surface area contributed by atoms with Crippen LogP contribution in [0.5, 0.6) is 11.5 Å². The maximum atomic E-state index is 9.73. The van der Waals surface area contributed by atoms with Crippen molar-refractivity contribution < 1.29 is 10.2 Å². The molecule has 0 radical (unpaired) electrons. The lowest BCUT2D eigenvalue weighted by molar-refractivity contribution is 0.448. The van der Waals surface area contributed by atoms with Gasteiger partial charge in [-0.05, 0) is 49.1 Å². The Morgan fingerprint density at radius 1 is 0.824 bits per heavy atom. The first-order valence-electron chi connectivity index (χ1n) is 5.59. The van der Waals surface area contributed by atoms with Gasteiger partial charge in [-0.15, -0.1) is 0 Å². The summed E-state index contributed by atoms with van der Waals surface area (Å²) in [6.07, 6.45) is 0. The van der Waals surface area contributed by atoms with Gasteiger partial charge in [0.05, 0.1) is 0 Å². The molecule has 2 aromatic carbocycles. The van der Waals surface area contributed by atoms with Gasteiger partial charge in [0, 0.05) is 6.07 Å². The fraction of sp³-hybridized carbons (Fsp3) is 0.200. The number of phenolic OH excluding ortho intramolecular Hbond substituents is 2. The summed E-state index contributed by atoms with van der Waals surface area (Å²) in [5, 5.41) is 19.3. The summed E-state index contributed by atoms with van der Waals surface area (Å²) in [5.41, 5.74) is 5.04. The molecule has 0 bridgehead atoms. The van der Waals surface area contributed by atoms with Crippen LogP contribution in [0.3, 0.4) is 0 Å². The highest BCUT2D eigenvalue weighted by Gasteiger charge is 2.10. The minimum absolute atomic E-state index is 0.0862. The largest absolute Gasteiger partial charge is 0.508 e. The zero-order valence-corrected chi connectivity index (χ0v) is 10.3. The molecule has 0 heterocycles. The number of aromatic hydroxyl groups is 2. The van der Waals surface area contributed by atoms with Gasteiger partial charge in [-0.3, -0.25) is 0 Å². The van der Waals surface area contributed by atoms with E-state index in [1.54, 1.807) is 6.07 Å². The SMILES string of the molecule is Cc1ccc(-c2cc(O)cc(O)c2C)c(C)c1. The number of aryl methyl sites for hydroxylation is 2. The third-order valence-corrected chi connectivity index (χ3v) is 3.04. The van der Waals surface area contributed by atoms with Gasteiger partial charge >= 0.3 is 0 Å². The van der Waals surface area contributed by atoms with E-state index in [1.807, 2.05) is 32.9 Å². The van der Waals surface area contributed by atoms with E-state index < -0.39 is 0 Å². The first kappa shape index (κ1) is 11.5. The highest BCUT2D eigenvalue weighted by atomic mass is 16.3. The molecule has 0 saturated heterocycles. The number of rotatable bonds is 1. The van der Waals surface area contributed by atoms with Crippen LogP contribution in [-0.2, 0) is 0 Å². The second-order valence-electron chi connectivity index (χ2n) is 4.46. The molecule has 0 unspecified atom stereocenters. The van der Waals surface area contributed by atoms with Crippen LogP contribution in [0.1, 0.15) is 16.7 Å². The predicted molar refractivity (Wildman–Crippen MR) is 69.4 cm³/mol. The summed E-state index contributed by atoms with van der Waals surface area (Å²) in [7, 11) is 0. The molecule has 0 aliphatic rings. The topological polar surface area (TPSA) is 40.5 Å². The first-order valence-corrected chi connectivity index (χ1v) is 5.59. The lowest BCUT2D eigenvalue weighted by atomic mass is 9.94. The summed E-state index contributed by atoms with van der Waals surface area (Å²) in [6, 6.07) is 9.19. The second kappa shape index (κ2) is 4.13. The molecule has 0 aliphatic heterocycles. The minimum Gasteiger partial charge on any atom is -0.508 e. The Morgan fingerprint density at radius 3 is 2.18 bits per heavy atom. The van der Waals surface area contributed by atoms with Crippen LogP contribution >= 0.6 is 0 Å². The molecule has 2 nitrogen and oxygen atoms in total. The van der Waals surface area contributed by atoms with Gasteiger partial charge in [-0.1, -0.05) is 23.8 Å². The van der Waals surface area contributed by atoms with Gasteiger partial charge in [0.1, 0.15) is 11.5 Å². The Hall–Kier alpha value is -1.96. The van der Waals surface area contributed by atoms with Gasteiger partial charge in [-0.25, -0.2) is 0 Å². The molecular formula is C15H16O2. The maximum Gasteiger partial charge on any atom is 0.122 e. The van der Waals surface area contributed by atoms with Crippen LogP contribution in [0.25, 0.3) is 11.1 Å². The standard InChI is InChI=1S/C15H16O2/c1-9-4-5-13(10(2)6-9)14-7-12(16)8-15(17)11(14)3/h4-8,16-17H,1-3H3. The Balaban J connectivity index is 2.68. The van der Waals surface area contributed by atoms with Crippen molar-refractivity contribution >= 4 is 0 Å². The summed E-state index contributed by atoms with van der Waals surface area (Å²) in [6.45, 7) is 5.93. The summed E-state index contributed by atoms with van der Waals surface area (Å²) >= 11 is 0. The molecule has 2 heteroatoms. The number of benzene rings is 2. The molecule has 0 fully saturated rings. The third-order valence-electron chi connectivity index (χ3n) is 3.04. The molecule has 88 valence electrons. The van der Waals surface area contributed by atoms with E-state index in [0.717, 1.165) is 22.3 Å². The van der Waals surface area contributed by atoms with E-state index in [9.17, 15) is 10.2 Å². The van der Waals surface area contributed by atoms with Gasteiger partial charge in [0.25, 0.3) is 0 Å². The molecular weight excluding hydrogens is 212 g/mol. The monoisotopic (exact) mass is 228 g/mol. The molecule has 2 rings (SSSR count). The highest BCUT2D eigenvalue weighted by molar-refractivity contribution is 5.74. The fourth-order valence-electron chi connectivity index (χ4n) is 2.08. The zero-order valence-electron chi connectivity index (χ0n) is 10.3. The average Bonchev–Trinajstić information content (AvgIpc) is 2.24. The van der Waals surface area contributed by atoms with E-state index >= 15 is 0 Å². The Labute approximate surface area is 101 Å². The van der Waals surface area contributed by atoms with Crippen LogP contribution in [0, 0.1) is 20.8 Å². The van der Waals surface area contributed by atoms with Crippen LogP contribution in [0.15, 0.2) is 30.3 Å². The Morgan fingerprint density at radius 2 is 1.53 bits per heavy atom. The van der Waals surface area contributed by atoms with Crippen molar-refractivity contribution in [1.29, 1.82) is 0 Å². The molecule has 17 heavy (non-hydrogen) atoms. The van der Waals surface area contributed by atoms with Gasteiger partial charge in [0.2, 0.25) is 0 Å². The van der Waals surface area contributed by atoms with E-state index in [1.165, 1.54) is 11.6 Å². The summed E-state index contributed by atoms with van der Waals surface area (Å²) < 4.78 is 0. The summed E-state index contributed by atoms with van der Waals surface area (Å²) in [4.78, 5) is 0. The van der Waals surface area contributed by atoms with Crippen molar-refractivity contribution in [2.24, 2.45) is 0 Å². The molecule has 2 aromatic rings. The normalized spacial score (nSPS) is 10.5. The quantitative estimate of drug-likeness (QED) is 0.781. The second-order valence-corrected chi connectivity index (χ2v) is 4.46. The van der Waals surface area contributed by atoms with Gasteiger partial charge < -0.3 is 10.2 Å². The third kappa shape index (κ3) is 2.11. The van der Waals surface area contributed by atoms with Crippen molar-refractivity contribution in [3.63, 3.8) is 0 Å². The van der Waals surface area contributed by atoms with Crippen molar-refractivity contribution in [1.82, 2.24) is 0 Å². The van der Waals surface area contributed by atoms with Crippen molar-refractivity contribution in [2.45, 2.75) is 20.8 Å². The van der Waals surface area contributed by atoms with E-state index in [-0.39, 0.29) is 11.5 Å². The number of phenols is 2. The molecule has 0 atom stereocenters. The molecule has 0 aromatic heterocycles. The first-order chi connectivity index (χ1) is 7.99. The van der Waals surface area contributed by atoms with E-state index in [4.69, 9.17) is 0 Å². The molecule has 0 saturated carbocycles. The predicted octanol–water partition coefficient (Wildman–Crippen LogP) is 3.69. The Kier molecular flexibility index (Phi) is 2.80. The minimum atomic E-state index is 0.0862. The van der Waals surface area contributed by atoms with E-state index in [0.29, 0.717) is 0 Å². The smallest absolute Gasteiger partial charge is 0.122 e. The highest BCUT2D eigenvalue weighted by Crippen LogP contribution is 2.35. The molecule has 0 amide bonds. The molecule has 2 N–H and O–H groups in total. The lowest BCUT2D eigenvalue weighted by Crippen LogP contribution is -1.88. The molecule has 0 aliphatic carbocycles. The lowest BCUT2D eigenvalue weighted by Gasteiger charge is -2.12. The number of hydrogen-bond donors (Lipinski definition) is 2. The van der Waals surface area contributed by atoms with Crippen molar-refractivity contribution in [3.8, 4) is 22.6 Å². The summed E-state index contributed by atoms with van der Waals surface area (Å²) in [5.74, 6) is 0.211. The van der Waals surface area contributed by atoms with Crippen molar-refractivity contribution in [2.75, 3.05) is 0 Å². The van der Waals surface area contributed by atoms with Crippen LogP contribution in [-0.4, -0.2) is 10.2 Å². The van der Waals surface area contributed by atoms with Crippen LogP contribution < -0.4 is 0 Å². The Bertz CT molecular complexity index is 571. The van der Waals surface area contributed by atoms with Gasteiger partial charge in [0.15, 0.2) is 0 Å². The van der Waals surface area contributed by atoms with Crippen molar-refractivity contribution in [3.05, 3.63) is 47.0 Å². The van der Waals surface area contributed by atoms with Crippen LogP contribution in [0.4, 0.5) is 0 Å². The van der Waals surface area contributed by atoms with E-state index in [2.05, 4.69) is 6.07 Å².